The number of nitrogen functional groups attached to an aromatic ring is 1. The van der Waals surface area contributed by atoms with Crippen LogP contribution in [0.15, 0.2) is 18.2 Å². The van der Waals surface area contributed by atoms with Crippen molar-refractivity contribution in [3.63, 3.8) is 0 Å². The van der Waals surface area contributed by atoms with Crippen molar-refractivity contribution in [3.05, 3.63) is 29.6 Å². The number of carbonyl (C=O) groups excluding carboxylic acids is 1. The molecule has 1 aromatic rings. The van der Waals surface area contributed by atoms with Gasteiger partial charge in [-0.15, -0.1) is 0 Å². The van der Waals surface area contributed by atoms with Gasteiger partial charge in [0.25, 0.3) is 5.91 Å². The smallest absolute Gasteiger partial charge is 0.251 e. The predicted octanol–water partition coefficient (Wildman–Crippen LogP) is 1.44. The molecular weight excluding hydrogens is 235 g/mol. The Morgan fingerprint density at radius 3 is 2.56 bits per heavy atom. The van der Waals surface area contributed by atoms with Crippen molar-refractivity contribution in [3.8, 4) is 0 Å². The number of aliphatic hydroxyl groups excluding tert-OH is 1. The van der Waals surface area contributed by atoms with Crippen LogP contribution >= 0.6 is 0 Å². The van der Waals surface area contributed by atoms with Crippen molar-refractivity contribution in [2.45, 2.75) is 37.8 Å². The van der Waals surface area contributed by atoms with Crippen molar-refractivity contribution in [1.82, 2.24) is 5.32 Å². The fraction of sp³-hybridized carbons (Fsp3) is 0.462. The minimum atomic E-state index is -0.515. The number of aliphatic hydroxyl groups is 1. The summed E-state index contributed by atoms with van der Waals surface area (Å²) in [5, 5.41) is 12.2. The molecule has 0 radical (unpaired) electrons. The second kappa shape index (κ2) is 5.35. The molecule has 1 aliphatic rings. The number of rotatable bonds is 2. The quantitative estimate of drug-likeness (QED) is 0.697. The molecule has 18 heavy (non-hydrogen) atoms. The number of hydrogen-bond acceptors (Lipinski definition) is 3. The molecule has 2 rings (SSSR count). The molecule has 0 saturated heterocycles. The Kier molecular flexibility index (Phi) is 3.81. The third-order valence-electron chi connectivity index (χ3n) is 3.21. The highest BCUT2D eigenvalue weighted by molar-refractivity contribution is 5.95. The van der Waals surface area contributed by atoms with Gasteiger partial charge in [0.05, 0.1) is 6.10 Å². The molecule has 1 aromatic carbocycles. The maximum absolute atomic E-state index is 13.1. The SMILES string of the molecule is Nc1cc(F)cc(C(=O)NC2CCC(O)CC2)c1. The third-order valence-corrected chi connectivity index (χ3v) is 3.21. The standard InChI is InChI=1S/C13H17FN2O2/c14-9-5-8(6-10(15)7-9)13(18)16-11-1-3-12(17)4-2-11/h5-7,11-12,17H,1-4,15H2,(H,16,18). The van der Waals surface area contributed by atoms with Gasteiger partial charge in [0.15, 0.2) is 0 Å². The van der Waals surface area contributed by atoms with Crippen molar-refractivity contribution < 1.29 is 14.3 Å². The maximum Gasteiger partial charge on any atom is 0.251 e. The van der Waals surface area contributed by atoms with Gasteiger partial charge in [-0.25, -0.2) is 4.39 Å². The molecule has 1 fully saturated rings. The van der Waals surface area contributed by atoms with Gasteiger partial charge in [-0.05, 0) is 43.9 Å². The first-order valence-corrected chi connectivity index (χ1v) is 6.09. The second-order valence-electron chi connectivity index (χ2n) is 4.75. The highest BCUT2D eigenvalue weighted by Gasteiger charge is 2.21. The summed E-state index contributed by atoms with van der Waals surface area (Å²) in [6, 6.07) is 3.85. The summed E-state index contributed by atoms with van der Waals surface area (Å²) in [4.78, 5) is 11.9. The van der Waals surface area contributed by atoms with Gasteiger partial charge in [-0.3, -0.25) is 4.79 Å². The fourth-order valence-electron chi connectivity index (χ4n) is 2.23. The average Bonchev–Trinajstić information content (AvgIpc) is 2.31. The molecule has 0 bridgehead atoms. The third kappa shape index (κ3) is 3.20. The topological polar surface area (TPSA) is 75.4 Å². The number of nitrogens with one attached hydrogen (secondary N) is 1. The Morgan fingerprint density at radius 1 is 1.28 bits per heavy atom. The van der Waals surface area contributed by atoms with Gasteiger partial charge in [0.2, 0.25) is 0 Å². The minimum Gasteiger partial charge on any atom is -0.399 e. The van der Waals surface area contributed by atoms with Crippen LogP contribution in [0.25, 0.3) is 0 Å². The van der Waals surface area contributed by atoms with Crippen molar-refractivity contribution >= 4 is 11.6 Å². The van der Waals surface area contributed by atoms with Crippen LogP contribution in [0.4, 0.5) is 10.1 Å². The van der Waals surface area contributed by atoms with E-state index in [2.05, 4.69) is 5.32 Å². The van der Waals surface area contributed by atoms with Crippen LogP contribution in [-0.2, 0) is 0 Å². The van der Waals surface area contributed by atoms with Gasteiger partial charge in [0.1, 0.15) is 5.82 Å². The van der Waals surface area contributed by atoms with Crippen molar-refractivity contribution in [2.24, 2.45) is 0 Å². The molecular formula is C13H17FN2O2. The first-order valence-electron chi connectivity index (χ1n) is 6.09. The highest BCUT2D eigenvalue weighted by atomic mass is 19.1. The summed E-state index contributed by atoms with van der Waals surface area (Å²) in [7, 11) is 0. The minimum absolute atomic E-state index is 0.0467. The van der Waals surface area contributed by atoms with Crippen LogP contribution in [-0.4, -0.2) is 23.2 Å². The van der Waals surface area contributed by atoms with Crippen LogP contribution < -0.4 is 11.1 Å². The lowest BCUT2D eigenvalue weighted by Gasteiger charge is -2.26. The second-order valence-corrected chi connectivity index (χ2v) is 4.75. The fourth-order valence-corrected chi connectivity index (χ4v) is 2.23. The first-order chi connectivity index (χ1) is 8.54. The Balaban J connectivity index is 1.99. The Hall–Kier alpha value is -1.62. The van der Waals surface area contributed by atoms with Crippen LogP contribution in [0.2, 0.25) is 0 Å². The molecule has 4 N–H and O–H groups in total. The lowest BCUT2D eigenvalue weighted by atomic mass is 9.93. The molecule has 98 valence electrons. The number of carbonyl (C=O) groups is 1. The zero-order chi connectivity index (χ0) is 13.1. The van der Waals surface area contributed by atoms with E-state index in [4.69, 9.17) is 5.73 Å². The van der Waals surface area contributed by atoms with E-state index in [1.54, 1.807) is 0 Å². The number of halogens is 1. The lowest BCUT2D eigenvalue weighted by molar-refractivity contribution is 0.0867. The normalized spacial score (nSPS) is 23.7. The van der Waals surface area contributed by atoms with E-state index in [-0.39, 0.29) is 29.3 Å². The van der Waals surface area contributed by atoms with Crippen LogP contribution in [0.1, 0.15) is 36.0 Å². The monoisotopic (exact) mass is 252 g/mol. The summed E-state index contributed by atoms with van der Waals surface area (Å²) in [6.45, 7) is 0. The molecule has 0 heterocycles. The van der Waals surface area contributed by atoms with E-state index in [0.717, 1.165) is 12.8 Å². The average molecular weight is 252 g/mol. The van der Waals surface area contributed by atoms with Gasteiger partial charge in [0, 0.05) is 17.3 Å². The number of anilines is 1. The molecule has 1 saturated carbocycles. The van der Waals surface area contributed by atoms with Gasteiger partial charge >= 0.3 is 0 Å². The molecule has 0 unspecified atom stereocenters. The predicted molar refractivity (Wildman–Crippen MR) is 66.5 cm³/mol. The molecule has 5 heteroatoms. The van der Waals surface area contributed by atoms with Crippen LogP contribution in [0, 0.1) is 5.82 Å². The molecule has 4 nitrogen and oxygen atoms in total. The van der Waals surface area contributed by atoms with E-state index in [1.807, 2.05) is 0 Å². The summed E-state index contributed by atoms with van der Waals surface area (Å²) >= 11 is 0. The highest BCUT2D eigenvalue weighted by Crippen LogP contribution is 2.19. The molecule has 1 amide bonds. The lowest BCUT2D eigenvalue weighted by Crippen LogP contribution is -2.38. The van der Waals surface area contributed by atoms with E-state index in [9.17, 15) is 14.3 Å². The number of hydrogen-bond donors (Lipinski definition) is 3. The molecule has 0 aliphatic heterocycles. The molecule has 0 aromatic heterocycles. The Morgan fingerprint density at radius 2 is 1.94 bits per heavy atom. The van der Waals surface area contributed by atoms with E-state index in [0.29, 0.717) is 12.8 Å². The summed E-state index contributed by atoms with van der Waals surface area (Å²) < 4.78 is 13.1. The number of amides is 1. The van der Waals surface area contributed by atoms with Crippen molar-refractivity contribution in [1.29, 1.82) is 0 Å². The first kappa shape index (κ1) is 12.8. The summed E-state index contributed by atoms with van der Waals surface area (Å²) in [6.07, 6.45) is 2.62. The number of benzene rings is 1. The maximum atomic E-state index is 13.1. The van der Waals surface area contributed by atoms with Gasteiger partial charge in [-0.2, -0.15) is 0 Å². The zero-order valence-electron chi connectivity index (χ0n) is 10.0. The molecule has 1 aliphatic carbocycles. The van der Waals surface area contributed by atoms with E-state index < -0.39 is 5.82 Å². The zero-order valence-corrected chi connectivity index (χ0v) is 10.0. The Bertz CT molecular complexity index is 422. The van der Waals surface area contributed by atoms with Crippen LogP contribution in [0.5, 0.6) is 0 Å². The number of nitrogens with two attached hydrogens (primary N) is 1. The summed E-state index contributed by atoms with van der Waals surface area (Å²) in [5.74, 6) is -0.832. The van der Waals surface area contributed by atoms with Crippen molar-refractivity contribution in [2.75, 3.05) is 5.73 Å². The van der Waals surface area contributed by atoms with E-state index >= 15 is 0 Å². The molecule has 0 spiro atoms. The van der Waals surface area contributed by atoms with E-state index in [1.165, 1.54) is 18.2 Å². The summed E-state index contributed by atoms with van der Waals surface area (Å²) in [5.41, 5.74) is 5.97. The van der Waals surface area contributed by atoms with Gasteiger partial charge in [-0.1, -0.05) is 0 Å². The Labute approximate surface area is 105 Å². The van der Waals surface area contributed by atoms with Crippen LogP contribution in [0.3, 0.4) is 0 Å². The molecule has 0 atom stereocenters. The largest absolute Gasteiger partial charge is 0.399 e. The van der Waals surface area contributed by atoms with Gasteiger partial charge < -0.3 is 16.2 Å².